The lowest BCUT2D eigenvalue weighted by atomic mass is 10.1. The molecule has 0 spiro atoms. The summed E-state index contributed by atoms with van der Waals surface area (Å²) in [4.78, 5) is 12.1. The Hall–Kier alpha value is -2.92. The molecular weight excluding hydrogens is 304 g/mol. The predicted molar refractivity (Wildman–Crippen MR) is 89.8 cm³/mol. The maximum atomic E-state index is 12.1. The van der Waals surface area contributed by atoms with Crippen molar-refractivity contribution in [2.24, 2.45) is 0 Å². The number of carbonyl (C=O) groups excluding carboxylic acids is 1. The minimum absolute atomic E-state index is 0.234. The lowest BCUT2D eigenvalue weighted by Crippen LogP contribution is -2.05. The number of nitrogens with zero attached hydrogens (tertiary/aromatic N) is 2. The monoisotopic (exact) mass is 322 g/mol. The van der Waals surface area contributed by atoms with Gasteiger partial charge in [-0.1, -0.05) is 24.3 Å². The first-order chi connectivity index (χ1) is 11.8. The molecule has 122 valence electrons. The normalized spacial score (nSPS) is 10.5. The average Bonchev–Trinajstić information content (AvgIpc) is 3.16. The fraction of sp³-hybridized carbons (Fsp3) is 0.158. The highest BCUT2D eigenvalue weighted by Gasteiger charge is 2.07. The Kier molecular flexibility index (Phi) is 5.03. The van der Waals surface area contributed by atoms with Crippen LogP contribution in [0.2, 0.25) is 0 Å². The number of benzene rings is 2. The minimum atomic E-state index is -0.338. The quantitative estimate of drug-likeness (QED) is 0.653. The van der Waals surface area contributed by atoms with E-state index >= 15 is 0 Å². The van der Waals surface area contributed by atoms with Crippen LogP contribution < -0.4 is 0 Å². The van der Waals surface area contributed by atoms with E-state index in [1.807, 2.05) is 48.7 Å². The number of ether oxygens (including phenoxy) is 2. The van der Waals surface area contributed by atoms with Gasteiger partial charge in [0.25, 0.3) is 0 Å². The van der Waals surface area contributed by atoms with Crippen molar-refractivity contribution in [3.8, 4) is 5.69 Å². The van der Waals surface area contributed by atoms with Gasteiger partial charge in [-0.25, -0.2) is 9.48 Å². The Morgan fingerprint density at radius 3 is 2.29 bits per heavy atom. The summed E-state index contributed by atoms with van der Waals surface area (Å²) >= 11 is 0. The van der Waals surface area contributed by atoms with E-state index in [9.17, 15) is 4.79 Å². The Morgan fingerprint density at radius 1 is 1.00 bits per heavy atom. The molecule has 5 heteroatoms. The molecule has 0 amide bonds. The van der Waals surface area contributed by atoms with Crippen LogP contribution in [-0.4, -0.2) is 22.9 Å². The largest absolute Gasteiger partial charge is 0.457 e. The van der Waals surface area contributed by atoms with Gasteiger partial charge in [0.1, 0.15) is 6.61 Å². The van der Waals surface area contributed by atoms with Crippen LogP contribution in [-0.2, 0) is 22.7 Å². The number of carbonyl (C=O) groups is 1. The molecule has 5 nitrogen and oxygen atoms in total. The maximum absolute atomic E-state index is 12.1. The minimum Gasteiger partial charge on any atom is -0.457 e. The second kappa shape index (κ2) is 7.57. The number of hydrogen-bond donors (Lipinski definition) is 0. The summed E-state index contributed by atoms with van der Waals surface area (Å²) in [5.41, 5.74) is 3.44. The molecule has 0 fully saturated rings. The summed E-state index contributed by atoms with van der Waals surface area (Å²) in [5.74, 6) is -0.338. The van der Waals surface area contributed by atoms with Crippen molar-refractivity contribution in [1.29, 1.82) is 0 Å². The summed E-state index contributed by atoms with van der Waals surface area (Å²) in [6.45, 7) is 0.760. The Bertz CT molecular complexity index is 778. The summed E-state index contributed by atoms with van der Waals surface area (Å²) < 4.78 is 12.2. The molecule has 0 saturated heterocycles. The molecule has 3 rings (SSSR count). The van der Waals surface area contributed by atoms with Gasteiger partial charge >= 0.3 is 5.97 Å². The van der Waals surface area contributed by atoms with Gasteiger partial charge in [0, 0.05) is 19.5 Å². The van der Waals surface area contributed by atoms with Crippen LogP contribution in [0.3, 0.4) is 0 Å². The fourth-order valence-electron chi connectivity index (χ4n) is 2.30. The Labute approximate surface area is 140 Å². The van der Waals surface area contributed by atoms with Crippen molar-refractivity contribution < 1.29 is 14.3 Å². The van der Waals surface area contributed by atoms with E-state index in [1.165, 1.54) is 0 Å². The zero-order valence-electron chi connectivity index (χ0n) is 13.4. The highest BCUT2D eigenvalue weighted by molar-refractivity contribution is 5.89. The molecular formula is C19H18N2O3. The number of rotatable bonds is 6. The van der Waals surface area contributed by atoms with E-state index in [2.05, 4.69) is 5.10 Å². The van der Waals surface area contributed by atoms with Gasteiger partial charge in [0.2, 0.25) is 0 Å². The molecule has 0 N–H and O–H groups in total. The number of aromatic nitrogens is 2. The van der Waals surface area contributed by atoms with E-state index in [0.717, 1.165) is 16.8 Å². The molecule has 1 heterocycles. The fourth-order valence-corrected chi connectivity index (χ4v) is 2.30. The van der Waals surface area contributed by atoms with Gasteiger partial charge < -0.3 is 9.47 Å². The van der Waals surface area contributed by atoms with Crippen molar-refractivity contribution in [2.75, 3.05) is 7.11 Å². The SMILES string of the molecule is COCc1ccc(C(=O)OCc2ccc(-n3cccn3)cc2)cc1. The summed E-state index contributed by atoms with van der Waals surface area (Å²) in [6, 6.07) is 16.8. The molecule has 3 aromatic rings. The van der Waals surface area contributed by atoms with E-state index in [4.69, 9.17) is 9.47 Å². The first-order valence-corrected chi connectivity index (χ1v) is 7.60. The Balaban J connectivity index is 1.57. The van der Waals surface area contributed by atoms with Gasteiger partial charge in [-0.2, -0.15) is 5.10 Å². The van der Waals surface area contributed by atoms with Crippen molar-refractivity contribution in [3.63, 3.8) is 0 Å². The molecule has 0 aliphatic carbocycles. The molecule has 0 bridgehead atoms. The standard InChI is InChI=1S/C19H18N2O3/c1-23-13-15-3-7-17(8-4-15)19(22)24-14-16-5-9-18(10-6-16)21-12-2-11-20-21/h2-12H,13-14H2,1H3. The zero-order chi connectivity index (χ0) is 16.8. The van der Waals surface area contributed by atoms with Crippen molar-refractivity contribution in [1.82, 2.24) is 9.78 Å². The van der Waals surface area contributed by atoms with Crippen LogP contribution >= 0.6 is 0 Å². The molecule has 24 heavy (non-hydrogen) atoms. The molecule has 0 unspecified atom stereocenters. The van der Waals surface area contributed by atoms with Gasteiger partial charge in [-0.05, 0) is 41.5 Å². The van der Waals surface area contributed by atoms with Crippen LogP contribution in [0.4, 0.5) is 0 Å². The van der Waals surface area contributed by atoms with Gasteiger partial charge in [0.15, 0.2) is 0 Å². The predicted octanol–water partition coefficient (Wildman–Crippen LogP) is 3.38. The molecule has 0 aliphatic heterocycles. The van der Waals surface area contributed by atoms with Crippen LogP contribution in [0, 0.1) is 0 Å². The third-order valence-electron chi connectivity index (χ3n) is 3.58. The smallest absolute Gasteiger partial charge is 0.338 e. The molecule has 0 aliphatic rings. The van der Waals surface area contributed by atoms with E-state index in [0.29, 0.717) is 12.2 Å². The second-order valence-electron chi connectivity index (χ2n) is 5.32. The molecule has 0 saturated carbocycles. The summed E-state index contributed by atoms with van der Waals surface area (Å²) in [7, 11) is 1.64. The molecule has 0 atom stereocenters. The van der Waals surface area contributed by atoms with Gasteiger partial charge in [0.05, 0.1) is 17.9 Å². The molecule has 0 radical (unpaired) electrons. The lowest BCUT2D eigenvalue weighted by Gasteiger charge is -2.07. The molecule has 1 aromatic heterocycles. The second-order valence-corrected chi connectivity index (χ2v) is 5.32. The topological polar surface area (TPSA) is 53.4 Å². The highest BCUT2D eigenvalue weighted by atomic mass is 16.5. The summed E-state index contributed by atoms with van der Waals surface area (Å²) in [5, 5.41) is 4.17. The number of esters is 1. The zero-order valence-corrected chi connectivity index (χ0v) is 13.4. The third-order valence-corrected chi connectivity index (χ3v) is 3.58. The highest BCUT2D eigenvalue weighted by Crippen LogP contribution is 2.12. The third kappa shape index (κ3) is 3.88. The van der Waals surface area contributed by atoms with Crippen molar-refractivity contribution in [3.05, 3.63) is 83.7 Å². The van der Waals surface area contributed by atoms with Gasteiger partial charge in [-0.3, -0.25) is 0 Å². The van der Waals surface area contributed by atoms with Gasteiger partial charge in [-0.15, -0.1) is 0 Å². The van der Waals surface area contributed by atoms with Crippen LogP contribution in [0.1, 0.15) is 21.5 Å². The van der Waals surface area contributed by atoms with E-state index < -0.39 is 0 Å². The number of hydrogen-bond acceptors (Lipinski definition) is 4. The van der Waals surface area contributed by atoms with Crippen LogP contribution in [0.5, 0.6) is 0 Å². The van der Waals surface area contributed by atoms with Crippen molar-refractivity contribution in [2.45, 2.75) is 13.2 Å². The van der Waals surface area contributed by atoms with Crippen LogP contribution in [0.25, 0.3) is 5.69 Å². The Morgan fingerprint density at radius 2 is 1.67 bits per heavy atom. The molecule has 2 aromatic carbocycles. The lowest BCUT2D eigenvalue weighted by molar-refractivity contribution is 0.0472. The first kappa shape index (κ1) is 16.0. The number of methoxy groups -OCH3 is 1. The summed E-state index contributed by atoms with van der Waals surface area (Å²) in [6.07, 6.45) is 3.61. The first-order valence-electron chi connectivity index (χ1n) is 7.60. The van der Waals surface area contributed by atoms with E-state index in [1.54, 1.807) is 30.1 Å². The average molecular weight is 322 g/mol. The maximum Gasteiger partial charge on any atom is 0.338 e. The van der Waals surface area contributed by atoms with E-state index in [-0.39, 0.29) is 12.6 Å². The van der Waals surface area contributed by atoms with Crippen LogP contribution in [0.15, 0.2) is 67.0 Å². The van der Waals surface area contributed by atoms with Crippen molar-refractivity contribution >= 4 is 5.97 Å².